The Bertz CT molecular complexity index is 817. The molecule has 0 fully saturated rings. The molecule has 2 aromatic carbocycles. The molecule has 0 aliphatic rings. The molecule has 3 aromatic rings. The van der Waals surface area contributed by atoms with E-state index in [1.165, 1.54) is 11.3 Å². The monoisotopic (exact) mass is 327 g/mol. The number of hydrogen-bond donors (Lipinski definition) is 1. The molecule has 5 nitrogen and oxygen atoms in total. The lowest BCUT2D eigenvalue weighted by Crippen LogP contribution is -2.29. The number of para-hydroxylation sites is 2. The molecule has 0 saturated carbocycles. The van der Waals surface area contributed by atoms with E-state index in [2.05, 4.69) is 10.3 Å². The number of fused-ring (bicyclic) bond motifs is 1. The summed E-state index contributed by atoms with van der Waals surface area (Å²) in [6, 6.07) is 15.2. The maximum Gasteiger partial charge on any atom is 0.243 e. The van der Waals surface area contributed by atoms with Crippen LogP contribution in [0.1, 0.15) is 0 Å². The Morgan fingerprint density at radius 2 is 2.00 bits per heavy atom. The van der Waals surface area contributed by atoms with Crippen LogP contribution in [0.4, 0.5) is 10.8 Å². The van der Waals surface area contributed by atoms with Gasteiger partial charge in [0.05, 0.1) is 18.4 Å². The molecule has 23 heavy (non-hydrogen) atoms. The van der Waals surface area contributed by atoms with E-state index in [0.717, 1.165) is 26.8 Å². The molecule has 0 aliphatic heterocycles. The Kier molecular flexibility index (Phi) is 4.43. The predicted molar refractivity (Wildman–Crippen MR) is 94.5 cm³/mol. The van der Waals surface area contributed by atoms with Gasteiger partial charge < -0.3 is 15.0 Å². The van der Waals surface area contributed by atoms with Crippen LogP contribution in [0.5, 0.6) is 5.75 Å². The summed E-state index contributed by atoms with van der Waals surface area (Å²) < 4.78 is 6.36. The minimum absolute atomic E-state index is 0.0788. The van der Waals surface area contributed by atoms with Crippen molar-refractivity contribution in [2.45, 2.75) is 0 Å². The number of nitrogens with one attached hydrogen (secondary N) is 1. The summed E-state index contributed by atoms with van der Waals surface area (Å²) in [5.41, 5.74) is 1.61. The van der Waals surface area contributed by atoms with Crippen LogP contribution in [0.2, 0.25) is 0 Å². The first-order chi connectivity index (χ1) is 11.2. The number of anilines is 2. The number of nitrogens with zero attached hydrogens (tertiary/aromatic N) is 2. The summed E-state index contributed by atoms with van der Waals surface area (Å²) in [7, 11) is 3.49. The molecule has 0 saturated heterocycles. The van der Waals surface area contributed by atoms with Crippen LogP contribution in [0.25, 0.3) is 10.2 Å². The molecule has 1 N–H and O–H groups in total. The molecule has 0 unspecified atom stereocenters. The van der Waals surface area contributed by atoms with Gasteiger partial charge in [0.15, 0.2) is 5.13 Å². The number of hydrogen-bond acceptors (Lipinski definition) is 5. The van der Waals surface area contributed by atoms with Crippen LogP contribution < -0.4 is 15.0 Å². The van der Waals surface area contributed by atoms with Gasteiger partial charge in [0, 0.05) is 12.7 Å². The first kappa shape index (κ1) is 15.3. The number of thiazole rings is 1. The molecule has 0 radical (unpaired) electrons. The SMILES string of the molecule is COc1cccc2sc(N(C)CC(=O)Nc3ccccc3)nc12. The van der Waals surface area contributed by atoms with E-state index < -0.39 is 0 Å². The third-order valence-electron chi connectivity index (χ3n) is 3.36. The fourth-order valence-electron chi connectivity index (χ4n) is 2.24. The maximum absolute atomic E-state index is 12.1. The van der Waals surface area contributed by atoms with E-state index in [0.29, 0.717) is 0 Å². The number of ether oxygens (including phenoxy) is 1. The van der Waals surface area contributed by atoms with Gasteiger partial charge >= 0.3 is 0 Å². The lowest BCUT2D eigenvalue weighted by molar-refractivity contribution is -0.114. The van der Waals surface area contributed by atoms with Gasteiger partial charge in [0.25, 0.3) is 0 Å². The van der Waals surface area contributed by atoms with Gasteiger partial charge in [0.2, 0.25) is 5.91 Å². The van der Waals surface area contributed by atoms with Crippen molar-refractivity contribution < 1.29 is 9.53 Å². The molecule has 1 heterocycles. The number of carbonyl (C=O) groups excluding carboxylic acids is 1. The van der Waals surface area contributed by atoms with Crippen LogP contribution in [0.3, 0.4) is 0 Å². The fourth-order valence-corrected chi connectivity index (χ4v) is 3.19. The van der Waals surface area contributed by atoms with Gasteiger partial charge in [0.1, 0.15) is 11.3 Å². The zero-order valence-electron chi connectivity index (χ0n) is 12.9. The third-order valence-corrected chi connectivity index (χ3v) is 4.49. The van der Waals surface area contributed by atoms with Crippen LogP contribution in [-0.2, 0) is 4.79 Å². The number of methoxy groups -OCH3 is 1. The zero-order chi connectivity index (χ0) is 16.2. The predicted octanol–water partition coefficient (Wildman–Crippen LogP) is 3.38. The van der Waals surface area contributed by atoms with Gasteiger partial charge in [-0.3, -0.25) is 4.79 Å². The average Bonchev–Trinajstić information content (AvgIpc) is 3.00. The van der Waals surface area contributed by atoms with E-state index in [1.54, 1.807) is 7.11 Å². The lowest BCUT2D eigenvalue weighted by atomic mass is 10.3. The van der Waals surface area contributed by atoms with Crippen LogP contribution in [-0.4, -0.2) is 31.6 Å². The van der Waals surface area contributed by atoms with Crippen molar-refractivity contribution in [2.24, 2.45) is 0 Å². The highest BCUT2D eigenvalue weighted by molar-refractivity contribution is 7.22. The van der Waals surface area contributed by atoms with E-state index >= 15 is 0 Å². The Balaban J connectivity index is 1.73. The van der Waals surface area contributed by atoms with Gasteiger partial charge in [-0.25, -0.2) is 4.98 Å². The summed E-state index contributed by atoms with van der Waals surface area (Å²) in [5.74, 6) is 0.664. The minimum Gasteiger partial charge on any atom is -0.494 e. The summed E-state index contributed by atoms with van der Waals surface area (Å²) in [6.45, 7) is 0.233. The van der Waals surface area contributed by atoms with Crippen molar-refractivity contribution in [1.82, 2.24) is 4.98 Å². The molecule has 0 aliphatic carbocycles. The molecular formula is C17H17N3O2S. The normalized spacial score (nSPS) is 10.5. The molecule has 0 atom stereocenters. The Hall–Kier alpha value is -2.60. The average molecular weight is 327 g/mol. The molecule has 0 spiro atoms. The van der Waals surface area contributed by atoms with E-state index in [-0.39, 0.29) is 12.5 Å². The van der Waals surface area contributed by atoms with Crippen LogP contribution in [0.15, 0.2) is 48.5 Å². The van der Waals surface area contributed by atoms with Gasteiger partial charge in [-0.1, -0.05) is 35.6 Å². The smallest absolute Gasteiger partial charge is 0.243 e. The maximum atomic E-state index is 12.1. The van der Waals surface area contributed by atoms with E-state index in [1.807, 2.05) is 60.5 Å². The van der Waals surface area contributed by atoms with Crippen molar-refractivity contribution in [3.05, 3.63) is 48.5 Å². The zero-order valence-corrected chi connectivity index (χ0v) is 13.8. The molecule has 3 rings (SSSR count). The highest BCUT2D eigenvalue weighted by Gasteiger charge is 2.14. The highest BCUT2D eigenvalue weighted by atomic mass is 32.1. The van der Waals surface area contributed by atoms with Gasteiger partial charge in [-0.15, -0.1) is 0 Å². The molecule has 1 aromatic heterocycles. The van der Waals surface area contributed by atoms with Crippen molar-refractivity contribution in [2.75, 3.05) is 30.9 Å². The van der Waals surface area contributed by atoms with E-state index in [9.17, 15) is 4.79 Å². The quantitative estimate of drug-likeness (QED) is 0.780. The van der Waals surface area contributed by atoms with Gasteiger partial charge in [-0.05, 0) is 24.3 Å². The Morgan fingerprint density at radius 3 is 2.74 bits per heavy atom. The second kappa shape index (κ2) is 6.66. The second-order valence-corrected chi connectivity index (χ2v) is 6.08. The van der Waals surface area contributed by atoms with Crippen LogP contribution in [0, 0.1) is 0 Å². The number of likely N-dealkylation sites (N-methyl/N-ethyl adjacent to an activating group) is 1. The van der Waals surface area contributed by atoms with Gasteiger partial charge in [-0.2, -0.15) is 0 Å². The van der Waals surface area contributed by atoms with Crippen LogP contribution >= 0.6 is 11.3 Å². The van der Waals surface area contributed by atoms with Crippen molar-refractivity contribution in [1.29, 1.82) is 0 Å². The molecular weight excluding hydrogens is 310 g/mol. The molecule has 6 heteroatoms. The van der Waals surface area contributed by atoms with Crippen molar-refractivity contribution in [3.8, 4) is 5.75 Å². The fraction of sp³-hybridized carbons (Fsp3) is 0.176. The standard InChI is InChI=1S/C17H17N3O2S/c1-20(11-15(21)18-12-7-4-3-5-8-12)17-19-16-13(22-2)9-6-10-14(16)23-17/h3-10H,11H2,1-2H3,(H,18,21). The van der Waals surface area contributed by atoms with Crippen molar-refractivity contribution >= 4 is 38.3 Å². The number of rotatable bonds is 5. The first-order valence-corrected chi connectivity index (χ1v) is 7.98. The number of aromatic nitrogens is 1. The number of amides is 1. The highest BCUT2D eigenvalue weighted by Crippen LogP contribution is 2.33. The number of carbonyl (C=O) groups is 1. The molecule has 118 valence electrons. The first-order valence-electron chi connectivity index (χ1n) is 7.17. The number of benzene rings is 2. The van der Waals surface area contributed by atoms with E-state index in [4.69, 9.17) is 4.74 Å². The molecule has 1 amide bonds. The molecule has 0 bridgehead atoms. The topological polar surface area (TPSA) is 54.5 Å². The minimum atomic E-state index is -0.0788. The summed E-state index contributed by atoms with van der Waals surface area (Å²) in [6.07, 6.45) is 0. The lowest BCUT2D eigenvalue weighted by Gasteiger charge is -2.15. The largest absolute Gasteiger partial charge is 0.494 e. The summed E-state index contributed by atoms with van der Waals surface area (Å²) >= 11 is 1.54. The Morgan fingerprint density at radius 1 is 1.22 bits per heavy atom. The summed E-state index contributed by atoms with van der Waals surface area (Å²) in [5, 5.41) is 3.66. The third kappa shape index (κ3) is 3.43. The van der Waals surface area contributed by atoms with Crippen molar-refractivity contribution in [3.63, 3.8) is 0 Å². The summed E-state index contributed by atoms with van der Waals surface area (Å²) in [4.78, 5) is 18.6. The second-order valence-electron chi connectivity index (χ2n) is 5.07. The Labute approximate surface area is 138 Å².